The number of hydrogen-bond acceptors (Lipinski definition) is 8. The fourth-order valence-electron chi connectivity index (χ4n) is 6.03. The lowest BCUT2D eigenvalue weighted by Gasteiger charge is -2.29. The molecule has 0 saturated heterocycles. The number of nitrogens with zero attached hydrogens (tertiary/aromatic N) is 4. The van der Waals surface area contributed by atoms with Crippen molar-refractivity contribution in [2.24, 2.45) is 11.8 Å². The minimum absolute atomic E-state index is 0.0622. The van der Waals surface area contributed by atoms with Gasteiger partial charge in [0.1, 0.15) is 11.9 Å². The van der Waals surface area contributed by atoms with Crippen molar-refractivity contribution in [3.63, 3.8) is 0 Å². The summed E-state index contributed by atoms with van der Waals surface area (Å²) in [7, 11) is -0.627. The normalized spacial score (nSPS) is 16.8. The Bertz CT molecular complexity index is 1950. The van der Waals surface area contributed by atoms with Gasteiger partial charge in [-0.15, -0.1) is 10.2 Å². The highest BCUT2D eigenvalue weighted by Crippen LogP contribution is 2.30. The van der Waals surface area contributed by atoms with Gasteiger partial charge in [-0.25, -0.2) is 21.9 Å². The van der Waals surface area contributed by atoms with Gasteiger partial charge >= 0.3 is 6.09 Å². The molecule has 0 spiro atoms. The molecule has 264 valence electrons. The standard InChI is InChI=1S/C34H39FN8O6S/c1-20-16-26(50(48,49)43(2)3)13-15-27(20)23-8-4-21(5-9-23)17-30(38-32(44)24-10-6-22(7-11-24)19-36-34(46)47)33(45)37-25-12-14-28(29(35)18-25)31-39-41-42-40-31/h4-5,8-9,12-16,18,22,24,30,36H,6-7,10-11,17,19H2,1-3H3,(H,37,45)(H,38,44)(H,46,47)(H,39,40,41,42)/t22-,24-,30-/m0/s1. The molecule has 0 aliphatic heterocycles. The number of aryl methyl sites for hydroxylation is 1. The summed E-state index contributed by atoms with van der Waals surface area (Å²) >= 11 is 0. The number of aromatic amines is 1. The van der Waals surface area contributed by atoms with Crippen molar-refractivity contribution in [2.75, 3.05) is 26.0 Å². The Balaban J connectivity index is 1.32. The van der Waals surface area contributed by atoms with Gasteiger partial charge in [-0.3, -0.25) is 9.59 Å². The number of tetrazole rings is 1. The Morgan fingerprint density at radius 1 is 1.00 bits per heavy atom. The van der Waals surface area contributed by atoms with Crippen molar-refractivity contribution < 1.29 is 32.3 Å². The molecule has 50 heavy (non-hydrogen) atoms. The predicted octanol–water partition coefficient (Wildman–Crippen LogP) is 3.97. The van der Waals surface area contributed by atoms with Gasteiger partial charge in [-0.05, 0) is 96.3 Å². The van der Waals surface area contributed by atoms with E-state index in [2.05, 4.69) is 36.6 Å². The van der Waals surface area contributed by atoms with Crippen LogP contribution in [0.3, 0.4) is 0 Å². The summed E-state index contributed by atoms with van der Waals surface area (Å²) < 4.78 is 41.2. The highest BCUT2D eigenvalue weighted by Gasteiger charge is 2.30. The van der Waals surface area contributed by atoms with Crippen LogP contribution in [0.2, 0.25) is 0 Å². The van der Waals surface area contributed by atoms with Crippen LogP contribution >= 0.6 is 0 Å². The number of sulfonamides is 1. The maximum absolute atomic E-state index is 14.9. The third kappa shape index (κ3) is 8.67. The third-order valence-corrected chi connectivity index (χ3v) is 10.7. The monoisotopic (exact) mass is 706 g/mol. The zero-order valence-electron chi connectivity index (χ0n) is 27.8. The second kappa shape index (κ2) is 15.6. The number of carboxylic acid groups (broad SMARTS) is 1. The van der Waals surface area contributed by atoms with E-state index in [1.165, 1.54) is 26.2 Å². The lowest BCUT2D eigenvalue weighted by Crippen LogP contribution is -2.48. The quantitative estimate of drug-likeness (QED) is 0.145. The maximum atomic E-state index is 14.9. The molecule has 5 N–H and O–H groups in total. The fraction of sp³-hybridized carbons (Fsp3) is 0.353. The van der Waals surface area contributed by atoms with E-state index < -0.39 is 33.9 Å². The largest absolute Gasteiger partial charge is 0.465 e. The molecule has 1 aliphatic carbocycles. The second-order valence-electron chi connectivity index (χ2n) is 12.5. The third-order valence-electron chi connectivity index (χ3n) is 8.90. The SMILES string of the molecule is Cc1cc(S(=O)(=O)N(C)C)ccc1-c1ccc(C[C@H](NC(=O)[C@H]2CC[C@H](CNC(=O)O)CC2)C(=O)Nc2ccc(-c3nn[nH]n3)c(F)c2)cc1. The topological polar surface area (TPSA) is 199 Å². The van der Waals surface area contributed by atoms with E-state index in [4.69, 9.17) is 5.11 Å². The van der Waals surface area contributed by atoms with Crippen molar-refractivity contribution in [1.82, 2.24) is 35.6 Å². The van der Waals surface area contributed by atoms with Gasteiger partial charge in [-0.2, -0.15) is 5.21 Å². The maximum Gasteiger partial charge on any atom is 0.404 e. The first-order valence-corrected chi connectivity index (χ1v) is 17.5. The van der Waals surface area contributed by atoms with E-state index in [0.29, 0.717) is 32.2 Å². The van der Waals surface area contributed by atoms with Crippen LogP contribution in [-0.2, 0) is 26.0 Å². The summed E-state index contributed by atoms with van der Waals surface area (Å²) in [4.78, 5) is 38.2. The average Bonchev–Trinajstić information content (AvgIpc) is 3.62. The van der Waals surface area contributed by atoms with E-state index in [0.717, 1.165) is 32.6 Å². The molecule has 5 rings (SSSR count). The Kier molecular flexibility index (Phi) is 11.2. The Morgan fingerprint density at radius 3 is 2.30 bits per heavy atom. The number of hydrogen-bond donors (Lipinski definition) is 5. The van der Waals surface area contributed by atoms with Gasteiger partial charge in [0.25, 0.3) is 0 Å². The lowest BCUT2D eigenvalue weighted by atomic mass is 9.81. The molecule has 0 unspecified atom stereocenters. The van der Waals surface area contributed by atoms with Crippen molar-refractivity contribution in [3.05, 3.63) is 77.6 Å². The molecule has 1 heterocycles. The number of amides is 3. The first-order chi connectivity index (χ1) is 23.8. The van der Waals surface area contributed by atoms with Crippen LogP contribution in [0.1, 0.15) is 36.8 Å². The van der Waals surface area contributed by atoms with Crippen molar-refractivity contribution in [3.8, 4) is 22.5 Å². The smallest absolute Gasteiger partial charge is 0.404 e. The first-order valence-electron chi connectivity index (χ1n) is 16.1. The van der Waals surface area contributed by atoms with Crippen molar-refractivity contribution in [1.29, 1.82) is 0 Å². The van der Waals surface area contributed by atoms with E-state index in [9.17, 15) is 27.2 Å². The summed E-state index contributed by atoms with van der Waals surface area (Å²) in [6.07, 6.45) is 1.50. The number of rotatable bonds is 12. The number of anilines is 1. The van der Waals surface area contributed by atoms with Crippen LogP contribution < -0.4 is 16.0 Å². The number of H-pyrrole nitrogens is 1. The lowest BCUT2D eigenvalue weighted by molar-refractivity contribution is -0.130. The van der Waals surface area contributed by atoms with Crippen LogP contribution in [-0.4, -0.2) is 83.0 Å². The van der Waals surface area contributed by atoms with Crippen molar-refractivity contribution >= 4 is 33.6 Å². The van der Waals surface area contributed by atoms with E-state index in [1.54, 1.807) is 18.2 Å². The number of carbonyl (C=O) groups excluding carboxylic acids is 2. The zero-order valence-corrected chi connectivity index (χ0v) is 28.6. The highest BCUT2D eigenvalue weighted by atomic mass is 32.2. The van der Waals surface area contributed by atoms with E-state index in [-0.39, 0.29) is 46.1 Å². The molecule has 1 saturated carbocycles. The summed E-state index contributed by atoms with van der Waals surface area (Å²) in [6.45, 7) is 2.16. The molecular formula is C34H39FN8O6S. The Morgan fingerprint density at radius 2 is 1.70 bits per heavy atom. The van der Waals surface area contributed by atoms with E-state index >= 15 is 0 Å². The minimum atomic E-state index is -3.58. The van der Waals surface area contributed by atoms with E-state index in [1.807, 2.05) is 31.2 Å². The molecule has 4 aromatic rings. The van der Waals surface area contributed by atoms with Gasteiger partial charge in [-0.1, -0.05) is 30.3 Å². The summed E-state index contributed by atoms with van der Waals surface area (Å²) in [6, 6.07) is 15.4. The van der Waals surface area contributed by atoms with Crippen LogP contribution in [0.4, 0.5) is 14.9 Å². The Hall–Kier alpha value is -5.22. The van der Waals surface area contributed by atoms with Crippen LogP contribution in [0.5, 0.6) is 0 Å². The number of aromatic nitrogens is 4. The summed E-state index contributed by atoms with van der Waals surface area (Å²) in [5, 5.41) is 30.2. The molecule has 3 aromatic carbocycles. The molecule has 0 radical (unpaired) electrons. The summed E-state index contributed by atoms with van der Waals surface area (Å²) in [5.41, 5.74) is 3.49. The molecule has 14 nitrogen and oxygen atoms in total. The molecular weight excluding hydrogens is 667 g/mol. The van der Waals surface area contributed by atoms with Gasteiger partial charge < -0.3 is 21.1 Å². The van der Waals surface area contributed by atoms with Gasteiger partial charge in [0, 0.05) is 38.7 Å². The van der Waals surface area contributed by atoms with Gasteiger partial charge in [0.2, 0.25) is 27.7 Å². The van der Waals surface area contributed by atoms with Gasteiger partial charge in [0.05, 0.1) is 10.5 Å². The molecule has 1 aliphatic rings. The predicted molar refractivity (Wildman–Crippen MR) is 183 cm³/mol. The molecule has 3 amide bonds. The Labute approximate surface area is 288 Å². The van der Waals surface area contributed by atoms with Crippen LogP contribution in [0, 0.1) is 24.6 Å². The summed E-state index contributed by atoms with van der Waals surface area (Å²) in [5.74, 6) is -1.64. The molecule has 1 atom stereocenters. The molecule has 1 aromatic heterocycles. The minimum Gasteiger partial charge on any atom is -0.465 e. The van der Waals surface area contributed by atoms with Crippen LogP contribution in [0.15, 0.2) is 65.6 Å². The zero-order chi connectivity index (χ0) is 36.0. The number of halogens is 1. The number of nitrogens with one attached hydrogen (secondary N) is 4. The average molecular weight is 707 g/mol. The van der Waals surface area contributed by atoms with Crippen molar-refractivity contribution in [2.45, 2.75) is 50.0 Å². The number of benzene rings is 3. The number of carbonyl (C=O) groups is 3. The molecule has 1 fully saturated rings. The molecule has 16 heteroatoms. The highest BCUT2D eigenvalue weighted by molar-refractivity contribution is 7.89. The molecule has 0 bridgehead atoms. The van der Waals surface area contributed by atoms with Crippen LogP contribution in [0.25, 0.3) is 22.5 Å². The fourth-order valence-corrected chi connectivity index (χ4v) is 7.01. The second-order valence-corrected chi connectivity index (χ2v) is 14.7. The van der Waals surface area contributed by atoms with Gasteiger partial charge in [0.15, 0.2) is 0 Å². The first kappa shape index (κ1) is 36.1.